The number of rotatable bonds is 7. The Kier molecular flexibility index (Phi) is 6.31. The van der Waals surface area contributed by atoms with Crippen LogP contribution in [0.4, 0.5) is 0 Å². The summed E-state index contributed by atoms with van der Waals surface area (Å²) in [5, 5.41) is 3.51. The topological polar surface area (TPSA) is 66.4 Å². The average Bonchev–Trinajstić information content (AvgIpc) is 2.23. The molecular weight excluding hydrogens is 226 g/mol. The maximum absolute atomic E-state index is 10.5. The van der Waals surface area contributed by atoms with E-state index in [2.05, 4.69) is 5.32 Å². The molecule has 0 atom stereocenters. The fourth-order valence-corrected chi connectivity index (χ4v) is 2.77. The summed E-state index contributed by atoms with van der Waals surface area (Å²) in [4.78, 5) is 0. The van der Waals surface area contributed by atoms with Gasteiger partial charge in [-0.15, -0.1) is 0 Å². The van der Waals surface area contributed by atoms with Crippen LogP contribution in [-0.4, -0.2) is 31.3 Å². The minimum Gasteiger partial charge on any atom is -0.314 e. The van der Waals surface area contributed by atoms with Crippen LogP contribution in [0.2, 0.25) is 0 Å². The van der Waals surface area contributed by atoms with Gasteiger partial charge in [-0.3, -0.25) is 4.55 Å². The summed E-state index contributed by atoms with van der Waals surface area (Å²) in [5.74, 6) is -0.101. The van der Waals surface area contributed by atoms with Crippen molar-refractivity contribution in [2.24, 2.45) is 0 Å². The third kappa shape index (κ3) is 7.19. The first-order valence-electron chi connectivity index (χ1n) is 6.26. The zero-order chi connectivity index (χ0) is 11.9. The Balaban J connectivity index is 1.91. The smallest absolute Gasteiger partial charge is 0.264 e. The molecule has 0 aliphatic heterocycles. The van der Waals surface area contributed by atoms with Crippen molar-refractivity contribution in [3.63, 3.8) is 0 Å². The normalized spacial score (nSPS) is 18.8. The maximum Gasteiger partial charge on any atom is 0.264 e. The second-order valence-electron chi connectivity index (χ2n) is 4.64. The summed E-state index contributed by atoms with van der Waals surface area (Å²) in [7, 11) is -3.75. The van der Waals surface area contributed by atoms with Gasteiger partial charge in [-0.2, -0.15) is 8.42 Å². The molecule has 16 heavy (non-hydrogen) atoms. The zero-order valence-corrected chi connectivity index (χ0v) is 10.6. The highest BCUT2D eigenvalue weighted by Crippen LogP contribution is 2.17. The Bertz CT molecular complexity index is 271. The Hall–Kier alpha value is -0.130. The van der Waals surface area contributed by atoms with E-state index in [1.165, 1.54) is 32.1 Å². The molecule has 5 heteroatoms. The molecule has 0 heterocycles. The highest BCUT2D eigenvalue weighted by Gasteiger charge is 2.11. The van der Waals surface area contributed by atoms with Crippen LogP contribution in [0.1, 0.15) is 51.4 Å². The molecular formula is C11H23NO3S. The highest BCUT2D eigenvalue weighted by atomic mass is 32.2. The first kappa shape index (κ1) is 13.9. The van der Waals surface area contributed by atoms with Crippen LogP contribution in [-0.2, 0) is 10.1 Å². The summed E-state index contributed by atoms with van der Waals surface area (Å²) in [6, 6.07) is 0.676. The summed E-state index contributed by atoms with van der Waals surface area (Å²) in [6.07, 6.45) is 9.01. The second-order valence-corrected chi connectivity index (χ2v) is 6.21. The average molecular weight is 249 g/mol. The Morgan fingerprint density at radius 2 is 1.75 bits per heavy atom. The van der Waals surface area contributed by atoms with Crippen LogP contribution < -0.4 is 5.32 Å². The van der Waals surface area contributed by atoms with Crippen LogP contribution in [0, 0.1) is 0 Å². The van der Waals surface area contributed by atoms with Gasteiger partial charge in [0, 0.05) is 6.04 Å². The summed E-state index contributed by atoms with van der Waals surface area (Å²) >= 11 is 0. The first-order chi connectivity index (χ1) is 7.58. The van der Waals surface area contributed by atoms with Crippen molar-refractivity contribution >= 4 is 10.1 Å². The molecule has 0 unspecified atom stereocenters. The predicted molar refractivity (Wildman–Crippen MR) is 65.1 cm³/mol. The number of unbranched alkanes of at least 4 members (excludes halogenated alkanes) is 2. The zero-order valence-electron chi connectivity index (χ0n) is 9.82. The molecule has 0 radical (unpaired) electrons. The quantitative estimate of drug-likeness (QED) is 0.535. The van der Waals surface area contributed by atoms with Crippen LogP contribution in [0.15, 0.2) is 0 Å². The molecule has 4 nitrogen and oxygen atoms in total. The number of hydrogen-bond acceptors (Lipinski definition) is 3. The summed E-state index contributed by atoms with van der Waals surface area (Å²) in [6.45, 7) is 0.968. The Labute approximate surface area is 98.6 Å². The number of hydrogen-bond donors (Lipinski definition) is 2. The van der Waals surface area contributed by atoms with Crippen molar-refractivity contribution in [3.05, 3.63) is 0 Å². The monoisotopic (exact) mass is 249 g/mol. The van der Waals surface area contributed by atoms with E-state index in [0.717, 1.165) is 19.4 Å². The second kappa shape index (κ2) is 7.25. The SMILES string of the molecule is O=S(=O)(O)CCCCCNC1CCCCC1. The lowest BCUT2D eigenvalue weighted by atomic mass is 9.95. The first-order valence-corrected chi connectivity index (χ1v) is 7.87. The van der Waals surface area contributed by atoms with Crippen LogP contribution >= 0.6 is 0 Å². The highest BCUT2D eigenvalue weighted by molar-refractivity contribution is 7.85. The molecule has 0 aromatic rings. The molecule has 0 aromatic carbocycles. The van der Waals surface area contributed by atoms with Gasteiger partial charge in [0.15, 0.2) is 0 Å². The molecule has 1 saturated carbocycles. The third-order valence-electron chi connectivity index (χ3n) is 3.12. The molecule has 1 aliphatic carbocycles. The van der Waals surface area contributed by atoms with Gasteiger partial charge in [-0.05, 0) is 32.2 Å². The maximum atomic E-state index is 10.5. The molecule has 1 aliphatic rings. The largest absolute Gasteiger partial charge is 0.314 e. The summed E-state index contributed by atoms with van der Waals surface area (Å²) < 4.78 is 29.4. The van der Waals surface area contributed by atoms with Crippen LogP contribution in [0.3, 0.4) is 0 Å². The fourth-order valence-electron chi connectivity index (χ4n) is 2.20. The number of nitrogens with one attached hydrogen (secondary N) is 1. The van der Waals surface area contributed by atoms with Gasteiger partial charge < -0.3 is 5.32 Å². The third-order valence-corrected chi connectivity index (χ3v) is 3.92. The summed E-state index contributed by atoms with van der Waals surface area (Å²) in [5.41, 5.74) is 0. The van der Waals surface area contributed by atoms with E-state index in [4.69, 9.17) is 4.55 Å². The van der Waals surface area contributed by atoms with E-state index < -0.39 is 10.1 Å². The minimum atomic E-state index is -3.75. The molecule has 0 saturated heterocycles. The van der Waals surface area contributed by atoms with Crippen molar-refractivity contribution < 1.29 is 13.0 Å². The Morgan fingerprint density at radius 1 is 1.06 bits per heavy atom. The van der Waals surface area contributed by atoms with E-state index in [-0.39, 0.29) is 5.75 Å². The minimum absolute atomic E-state index is 0.101. The van der Waals surface area contributed by atoms with Gasteiger partial charge in [0.1, 0.15) is 0 Å². The standard InChI is InChI=1S/C11H23NO3S/c13-16(14,15)10-6-2-5-9-12-11-7-3-1-4-8-11/h11-12H,1-10H2,(H,13,14,15). The van der Waals surface area contributed by atoms with Crippen LogP contribution in [0.5, 0.6) is 0 Å². The molecule has 0 bridgehead atoms. The van der Waals surface area contributed by atoms with Crippen molar-refractivity contribution in [1.29, 1.82) is 0 Å². The van der Waals surface area contributed by atoms with Gasteiger partial charge in [-0.25, -0.2) is 0 Å². The van der Waals surface area contributed by atoms with Crippen molar-refractivity contribution in [2.75, 3.05) is 12.3 Å². The van der Waals surface area contributed by atoms with Gasteiger partial charge >= 0.3 is 0 Å². The van der Waals surface area contributed by atoms with Gasteiger partial charge in [0.05, 0.1) is 5.75 Å². The Morgan fingerprint density at radius 3 is 2.38 bits per heavy atom. The molecule has 1 rings (SSSR count). The predicted octanol–water partition coefficient (Wildman–Crippen LogP) is 1.97. The van der Waals surface area contributed by atoms with Crippen molar-refractivity contribution in [3.8, 4) is 0 Å². The molecule has 0 amide bonds. The van der Waals surface area contributed by atoms with Gasteiger partial charge in [-0.1, -0.05) is 25.7 Å². The van der Waals surface area contributed by atoms with Gasteiger partial charge in [0.25, 0.3) is 10.1 Å². The lowest BCUT2D eigenvalue weighted by Crippen LogP contribution is -2.31. The molecule has 0 spiro atoms. The lowest BCUT2D eigenvalue weighted by Gasteiger charge is -2.22. The van der Waals surface area contributed by atoms with Crippen molar-refractivity contribution in [2.45, 2.75) is 57.4 Å². The molecule has 96 valence electrons. The van der Waals surface area contributed by atoms with E-state index in [0.29, 0.717) is 12.5 Å². The van der Waals surface area contributed by atoms with E-state index in [1.807, 2.05) is 0 Å². The molecule has 0 aromatic heterocycles. The van der Waals surface area contributed by atoms with E-state index >= 15 is 0 Å². The van der Waals surface area contributed by atoms with Gasteiger partial charge in [0.2, 0.25) is 0 Å². The lowest BCUT2D eigenvalue weighted by molar-refractivity contribution is 0.370. The van der Waals surface area contributed by atoms with E-state index in [1.54, 1.807) is 0 Å². The molecule has 1 fully saturated rings. The van der Waals surface area contributed by atoms with Crippen molar-refractivity contribution in [1.82, 2.24) is 5.32 Å². The fraction of sp³-hybridized carbons (Fsp3) is 1.00. The molecule has 2 N–H and O–H groups in total. The van der Waals surface area contributed by atoms with Crippen LogP contribution in [0.25, 0.3) is 0 Å². The van der Waals surface area contributed by atoms with E-state index in [9.17, 15) is 8.42 Å².